The van der Waals surface area contributed by atoms with Gasteiger partial charge in [0.25, 0.3) is 17.4 Å². The van der Waals surface area contributed by atoms with E-state index in [0.717, 1.165) is 21.6 Å². The average Bonchev–Trinajstić information content (AvgIpc) is 3.55. The zero-order valence-corrected chi connectivity index (χ0v) is 32.6. The average molecular weight is 828 g/mol. The molecule has 0 bridgehead atoms. The van der Waals surface area contributed by atoms with Gasteiger partial charge in [0, 0.05) is 50.0 Å². The molecule has 4 heterocycles. The number of ether oxygens (including phenoxy) is 2. The minimum absolute atomic E-state index is 0.0231. The van der Waals surface area contributed by atoms with E-state index >= 15 is 0 Å². The highest BCUT2D eigenvalue weighted by molar-refractivity contribution is 6.58. The maximum atomic E-state index is 14.8. The first kappa shape index (κ1) is 37.4. The Bertz CT molecular complexity index is 2990. The van der Waals surface area contributed by atoms with Crippen molar-refractivity contribution >= 4 is 62.5 Å². The number of nitrogens with zero attached hydrogens (tertiary/aromatic N) is 6. The van der Waals surface area contributed by atoms with Gasteiger partial charge in [-0.3, -0.25) is 14.4 Å². The number of halogens is 3. The van der Waals surface area contributed by atoms with Crippen LogP contribution in [0, 0.1) is 5.82 Å². The Morgan fingerprint density at radius 3 is 2.34 bits per heavy atom. The molecule has 2 aliphatic heterocycles. The SMILES string of the molecule is COc1cc2nc(CCn3c(=O)n4n(c3=O)C3CC5(Cl)C(=O)N(c6ccc(F)cc6)C(=O)C5(Cl)C(c5c(O)ccc6ccccc56)C3=CC4)c(=O)n(C)c2cc1OC. The smallest absolute Gasteiger partial charge is 0.347 e. The molecular weight excluding hydrogens is 794 g/mol. The summed E-state index contributed by atoms with van der Waals surface area (Å²) in [7, 11) is 4.52. The van der Waals surface area contributed by atoms with E-state index in [1.54, 1.807) is 49.5 Å². The van der Waals surface area contributed by atoms with Gasteiger partial charge in [0.15, 0.2) is 21.2 Å². The molecule has 0 radical (unpaired) electrons. The van der Waals surface area contributed by atoms with Crippen LogP contribution in [-0.4, -0.2) is 64.4 Å². The number of phenolic OH excluding ortho intramolecular Hbond substituents is 1. The Hall–Kier alpha value is -6.19. The van der Waals surface area contributed by atoms with Crippen molar-refractivity contribution in [1.82, 2.24) is 23.5 Å². The summed E-state index contributed by atoms with van der Waals surface area (Å²) in [6, 6.07) is 17.1. The van der Waals surface area contributed by atoms with E-state index in [1.807, 2.05) is 6.07 Å². The van der Waals surface area contributed by atoms with E-state index in [1.165, 1.54) is 46.3 Å². The number of allylic oxidation sites excluding steroid dienone is 2. The third-order valence-corrected chi connectivity index (χ3v) is 13.1. The number of aromatic nitrogens is 5. The van der Waals surface area contributed by atoms with Crippen LogP contribution in [0.25, 0.3) is 21.8 Å². The van der Waals surface area contributed by atoms with Crippen LogP contribution in [0.5, 0.6) is 17.2 Å². The van der Waals surface area contributed by atoms with Gasteiger partial charge in [-0.05, 0) is 46.7 Å². The van der Waals surface area contributed by atoms with Gasteiger partial charge >= 0.3 is 11.4 Å². The molecule has 9 rings (SSSR count). The molecule has 1 saturated carbocycles. The molecule has 3 aliphatic rings. The molecule has 2 fully saturated rings. The highest BCUT2D eigenvalue weighted by Crippen LogP contribution is 2.65. The molecule has 14 nitrogen and oxygen atoms in total. The number of hydrogen-bond acceptors (Lipinski definition) is 9. The van der Waals surface area contributed by atoms with Crippen LogP contribution >= 0.6 is 23.2 Å². The highest BCUT2D eigenvalue weighted by atomic mass is 35.5. The lowest BCUT2D eigenvalue weighted by Gasteiger charge is -2.49. The summed E-state index contributed by atoms with van der Waals surface area (Å²) in [6.07, 6.45) is 1.16. The van der Waals surface area contributed by atoms with E-state index in [9.17, 15) is 33.5 Å². The van der Waals surface area contributed by atoms with E-state index in [2.05, 4.69) is 4.98 Å². The van der Waals surface area contributed by atoms with Crippen molar-refractivity contribution in [3.05, 3.63) is 133 Å². The highest BCUT2D eigenvalue weighted by Gasteiger charge is 2.76. The van der Waals surface area contributed by atoms with Gasteiger partial charge in [-0.1, -0.05) is 36.4 Å². The molecular formula is C41H33Cl2FN6O8. The fourth-order valence-corrected chi connectivity index (χ4v) is 9.79. The molecule has 4 atom stereocenters. The molecule has 2 amide bonds. The van der Waals surface area contributed by atoms with Crippen LogP contribution in [0.1, 0.15) is 29.6 Å². The Morgan fingerprint density at radius 1 is 0.914 bits per heavy atom. The predicted molar refractivity (Wildman–Crippen MR) is 213 cm³/mol. The monoisotopic (exact) mass is 826 g/mol. The summed E-state index contributed by atoms with van der Waals surface area (Å²) < 4.78 is 29.6. The Kier molecular flexibility index (Phi) is 8.49. The minimum atomic E-state index is -2.27. The van der Waals surface area contributed by atoms with E-state index in [0.29, 0.717) is 38.9 Å². The largest absolute Gasteiger partial charge is 0.508 e. The van der Waals surface area contributed by atoms with E-state index in [4.69, 9.17) is 32.7 Å². The lowest BCUT2D eigenvalue weighted by atomic mass is 9.63. The molecule has 1 saturated heterocycles. The van der Waals surface area contributed by atoms with Crippen LogP contribution < -0.4 is 31.3 Å². The van der Waals surface area contributed by atoms with Crippen molar-refractivity contribution in [2.75, 3.05) is 19.1 Å². The van der Waals surface area contributed by atoms with Crippen molar-refractivity contribution in [1.29, 1.82) is 0 Å². The van der Waals surface area contributed by atoms with Gasteiger partial charge in [-0.2, -0.15) is 0 Å². The summed E-state index contributed by atoms with van der Waals surface area (Å²) in [4.78, 5) is 72.3. The molecule has 17 heteroatoms. The number of benzene rings is 4. The fourth-order valence-electron chi connectivity index (χ4n) is 8.89. The molecule has 2 aromatic heterocycles. The van der Waals surface area contributed by atoms with Crippen LogP contribution in [-0.2, 0) is 36.1 Å². The van der Waals surface area contributed by atoms with Gasteiger partial charge in [0.2, 0.25) is 0 Å². The summed E-state index contributed by atoms with van der Waals surface area (Å²) in [5, 5.41) is 12.8. The normalized spacial score (nSPS) is 22.5. The summed E-state index contributed by atoms with van der Waals surface area (Å²) >= 11 is 15.0. The first-order valence-corrected chi connectivity index (χ1v) is 19.0. The fraction of sp³-hybridized carbons (Fsp3) is 0.268. The second-order valence-electron chi connectivity index (χ2n) is 14.5. The van der Waals surface area contributed by atoms with Crippen molar-refractivity contribution < 1.29 is 28.6 Å². The molecule has 1 aliphatic carbocycles. The van der Waals surface area contributed by atoms with E-state index in [-0.39, 0.29) is 42.2 Å². The van der Waals surface area contributed by atoms with E-state index < -0.39 is 62.7 Å². The summed E-state index contributed by atoms with van der Waals surface area (Å²) in [5.74, 6) is -3.15. The lowest BCUT2D eigenvalue weighted by molar-refractivity contribution is -0.122. The number of fused-ring (bicyclic) bond motifs is 6. The topological polar surface area (TPSA) is 160 Å². The summed E-state index contributed by atoms with van der Waals surface area (Å²) in [5.41, 5.74) is -0.292. The van der Waals surface area contributed by atoms with Gasteiger partial charge in [-0.25, -0.2) is 37.8 Å². The second-order valence-corrected chi connectivity index (χ2v) is 15.8. The Balaban J connectivity index is 1.18. The van der Waals surface area contributed by atoms with Crippen molar-refractivity contribution in [2.24, 2.45) is 7.05 Å². The number of imide groups is 1. The summed E-state index contributed by atoms with van der Waals surface area (Å²) in [6.45, 7) is -0.374. The molecule has 296 valence electrons. The number of amides is 2. The molecule has 1 N–H and O–H groups in total. The standard InChI is InChI=1S/C41H33Cl2FN6O8/c1-46-28-19-32(58-3)31(57-2)18-27(28)45-26(35(46)52)15-16-47-38(55)48-17-14-25-29(50(48)39(47)56)20-40(42)36(53)49(23-11-9-22(44)10-12-23)37(54)41(40,43)34(25)33-24-7-5-4-6-21(24)8-13-30(33)51/h4-14,18-19,29,34,51H,15-17,20H2,1-3H3. The number of anilines is 1. The minimum Gasteiger partial charge on any atom is -0.508 e. The predicted octanol–water partition coefficient (Wildman–Crippen LogP) is 4.51. The maximum Gasteiger partial charge on any atom is 0.347 e. The van der Waals surface area contributed by atoms with Crippen molar-refractivity contribution in [3.8, 4) is 17.2 Å². The number of rotatable bonds is 7. The second kappa shape index (κ2) is 13.2. The molecule has 58 heavy (non-hydrogen) atoms. The van der Waals surface area contributed by atoms with Gasteiger partial charge in [0.1, 0.15) is 17.3 Å². The first-order chi connectivity index (χ1) is 27.7. The van der Waals surface area contributed by atoms with Gasteiger partial charge in [-0.15, -0.1) is 23.2 Å². The lowest BCUT2D eigenvalue weighted by Crippen LogP contribution is -2.59. The van der Waals surface area contributed by atoms with Gasteiger partial charge in [0.05, 0.1) is 43.5 Å². The number of carbonyl (C=O) groups excluding carboxylic acids is 2. The first-order valence-electron chi connectivity index (χ1n) is 18.2. The van der Waals surface area contributed by atoms with Crippen molar-refractivity contribution in [2.45, 2.75) is 47.6 Å². The Labute approximate surface area is 337 Å². The van der Waals surface area contributed by atoms with Crippen LogP contribution in [0.15, 0.2) is 98.8 Å². The maximum absolute atomic E-state index is 14.8. The number of hydrogen-bond donors (Lipinski definition) is 1. The van der Waals surface area contributed by atoms with Crippen LogP contribution in [0.2, 0.25) is 0 Å². The van der Waals surface area contributed by atoms with Crippen LogP contribution in [0.4, 0.5) is 10.1 Å². The van der Waals surface area contributed by atoms with Crippen molar-refractivity contribution in [3.63, 3.8) is 0 Å². The number of methoxy groups -OCH3 is 2. The zero-order valence-electron chi connectivity index (χ0n) is 31.1. The molecule has 0 spiro atoms. The third-order valence-electron chi connectivity index (χ3n) is 11.7. The Morgan fingerprint density at radius 2 is 1.62 bits per heavy atom. The number of phenols is 1. The quantitative estimate of drug-likeness (QED) is 0.139. The molecule has 4 aromatic carbocycles. The molecule has 6 aromatic rings. The van der Waals surface area contributed by atoms with Crippen LogP contribution in [0.3, 0.4) is 0 Å². The number of alkyl halides is 2. The zero-order chi connectivity index (χ0) is 41.0. The number of aromatic hydroxyl groups is 1. The number of carbonyl (C=O) groups is 2. The number of aryl methyl sites for hydroxylation is 2. The molecule has 4 unspecified atom stereocenters. The third kappa shape index (κ3) is 5.02. The van der Waals surface area contributed by atoms with Gasteiger partial charge < -0.3 is 19.1 Å².